The van der Waals surface area contributed by atoms with Gasteiger partial charge in [0.2, 0.25) is 0 Å². The molecular weight excluding hydrogens is 349 g/mol. The van der Waals surface area contributed by atoms with Crippen LogP contribution in [-0.4, -0.2) is 36.5 Å². The Morgan fingerprint density at radius 3 is 2.63 bits per heavy atom. The molecule has 2 unspecified atom stereocenters. The minimum Gasteiger partial charge on any atom is -0.353 e. The normalized spacial score (nSPS) is 29.1. The van der Waals surface area contributed by atoms with Crippen molar-refractivity contribution in [3.05, 3.63) is 0 Å². The predicted molar refractivity (Wildman–Crippen MR) is 93.3 cm³/mol. The number of nitrogens with one attached hydrogen (secondary N) is 1. The van der Waals surface area contributed by atoms with Crippen molar-refractivity contribution in [3.63, 3.8) is 0 Å². The van der Waals surface area contributed by atoms with Crippen LogP contribution in [0.25, 0.3) is 0 Å². The molecule has 0 aromatic heterocycles. The molecule has 1 saturated carbocycles. The zero-order valence-corrected chi connectivity index (χ0v) is 15.2. The average molecular weight is 379 g/mol. The number of guanidine groups is 1. The standard InChI is InChI=1S/C15H29N3.HI/c1-5-7-12-10-13(12)17-14(16-6-2)18-9-8-15(3,4)11-18;/h12-13H,5-11H2,1-4H3,(H,16,17);1H. The number of aliphatic imine (C=N–C) groups is 1. The SMILES string of the molecule is CCCC1CC1NC(=NCC)N1CCC(C)(C)C1.I. The van der Waals surface area contributed by atoms with Crippen molar-refractivity contribution in [2.24, 2.45) is 16.3 Å². The lowest BCUT2D eigenvalue weighted by molar-refractivity contribution is 0.369. The molecule has 1 heterocycles. The van der Waals surface area contributed by atoms with E-state index in [4.69, 9.17) is 0 Å². The Morgan fingerprint density at radius 2 is 2.11 bits per heavy atom. The van der Waals surface area contributed by atoms with Crippen LogP contribution >= 0.6 is 24.0 Å². The maximum atomic E-state index is 4.68. The van der Waals surface area contributed by atoms with E-state index in [2.05, 4.69) is 42.9 Å². The zero-order chi connectivity index (χ0) is 13.2. The molecule has 4 heteroatoms. The van der Waals surface area contributed by atoms with Crippen molar-refractivity contribution in [1.82, 2.24) is 10.2 Å². The topological polar surface area (TPSA) is 27.6 Å². The van der Waals surface area contributed by atoms with E-state index in [1.807, 2.05) is 0 Å². The van der Waals surface area contributed by atoms with Gasteiger partial charge in [-0.2, -0.15) is 0 Å². The molecule has 2 atom stereocenters. The van der Waals surface area contributed by atoms with Gasteiger partial charge >= 0.3 is 0 Å². The van der Waals surface area contributed by atoms with Crippen molar-refractivity contribution in [3.8, 4) is 0 Å². The molecule has 0 aromatic rings. The average Bonchev–Trinajstić information content (AvgIpc) is 2.92. The molecule has 3 nitrogen and oxygen atoms in total. The van der Waals surface area contributed by atoms with Crippen LogP contribution < -0.4 is 5.32 Å². The van der Waals surface area contributed by atoms with E-state index in [1.54, 1.807) is 0 Å². The van der Waals surface area contributed by atoms with Crippen molar-refractivity contribution >= 4 is 29.9 Å². The molecule has 19 heavy (non-hydrogen) atoms. The lowest BCUT2D eigenvalue weighted by atomic mass is 9.93. The summed E-state index contributed by atoms with van der Waals surface area (Å²) in [6.45, 7) is 12.3. The van der Waals surface area contributed by atoms with Gasteiger partial charge in [0.05, 0.1) is 0 Å². The largest absolute Gasteiger partial charge is 0.353 e. The Morgan fingerprint density at radius 1 is 1.37 bits per heavy atom. The highest BCUT2D eigenvalue weighted by Crippen LogP contribution is 2.35. The van der Waals surface area contributed by atoms with Crippen LogP contribution in [-0.2, 0) is 0 Å². The van der Waals surface area contributed by atoms with Gasteiger partial charge in [-0.25, -0.2) is 0 Å². The van der Waals surface area contributed by atoms with Gasteiger partial charge < -0.3 is 10.2 Å². The van der Waals surface area contributed by atoms with Gasteiger partial charge in [-0.1, -0.05) is 27.2 Å². The molecule has 0 aromatic carbocycles. The first-order valence-corrected chi connectivity index (χ1v) is 7.61. The summed E-state index contributed by atoms with van der Waals surface area (Å²) < 4.78 is 0. The van der Waals surface area contributed by atoms with Crippen LogP contribution in [0.3, 0.4) is 0 Å². The molecular formula is C15H30IN3. The summed E-state index contributed by atoms with van der Waals surface area (Å²) in [5.74, 6) is 2.05. The number of halogens is 1. The van der Waals surface area contributed by atoms with Crippen molar-refractivity contribution in [1.29, 1.82) is 0 Å². The fourth-order valence-electron chi connectivity index (χ4n) is 2.96. The summed E-state index contributed by atoms with van der Waals surface area (Å²) in [4.78, 5) is 7.13. The van der Waals surface area contributed by atoms with E-state index in [9.17, 15) is 0 Å². The molecule has 0 radical (unpaired) electrons. The molecule has 1 saturated heterocycles. The zero-order valence-electron chi connectivity index (χ0n) is 12.9. The van der Waals surface area contributed by atoms with Gasteiger partial charge in [0.25, 0.3) is 0 Å². The molecule has 0 spiro atoms. The Bertz CT molecular complexity index is 315. The number of hydrogen-bond acceptors (Lipinski definition) is 1. The van der Waals surface area contributed by atoms with Gasteiger partial charge in [-0.15, -0.1) is 24.0 Å². The molecule has 2 aliphatic rings. The van der Waals surface area contributed by atoms with Crippen LogP contribution in [0.1, 0.15) is 53.4 Å². The molecule has 112 valence electrons. The van der Waals surface area contributed by atoms with E-state index in [1.165, 1.54) is 25.7 Å². The lowest BCUT2D eigenvalue weighted by Crippen LogP contribution is -2.42. The van der Waals surface area contributed by atoms with Crippen LogP contribution in [0.2, 0.25) is 0 Å². The second-order valence-electron chi connectivity index (χ2n) is 6.67. The van der Waals surface area contributed by atoms with Gasteiger partial charge in [-0.3, -0.25) is 4.99 Å². The second-order valence-corrected chi connectivity index (χ2v) is 6.67. The number of likely N-dealkylation sites (tertiary alicyclic amines) is 1. The molecule has 1 aliphatic carbocycles. The van der Waals surface area contributed by atoms with Crippen molar-refractivity contribution in [2.75, 3.05) is 19.6 Å². The number of hydrogen-bond donors (Lipinski definition) is 1. The van der Waals surface area contributed by atoms with Crippen molar-refractivity contribution in [2.45, 2.75) is 59.4 Å². The second kappa shape index (κ2) is 7.14. The summed E-state index contributed by atoms with van der Waals surface area (Å²) in [7, 11) is 0. The highest BCUT2D eigenvalue weighted by molar-refractivity contribution is 14.0. The lowest BCUT2D eigenvalue weighted by Gasteiger charge is -2.24. The monoisotopic (exact) mass is 379 g/mol. The Hall–Kier alpha value is 0. The number of nitrogens with zero attached hydrogens (tertiary/aromatic N) is 2. The third-order valence-electron chi connectivity index (χ3n) is 4.18. The maximum absolute atomic E-state index is 4.68. The van der Waals surface area contributed by atoms with Gasteiger partial charge in [0.15, 0.2) is 5.96 Å². The summed E-state index contributed by atoms with van der Waals surface area (Å²) >= 11 is 0. The van der Waals surface area contributed by atoms with Gasteiger partial charge in [-0.05, 0) is 37.5 Å². The minimum atomic E-state index is 0. The summed E-state index contributed by atoms with van der Waals surface area (Å²) in [5, 5.41) is 3.68. The first-order chi connectivity index (χ1) is 8.55. The van der Waals surface area contributed by atoms with Gasteiger partial charge in [0.1, 0.15) is 0 Å². The Balaban J connectivity index is 0.00000180. The van der Waals surface area contributed by atoms with Gasteiger partial charge in [0, 0.05) is 25.7 Å². The third-order valence-corrected chi connectivity index (χ3v) is 4.18. The van der Waals surface area contributed by atoms with Crippen LogP contribution in [0, 0.1) is 11.3 Å². The van der Waals surface area contributed by atoms with Crippen LogP contribution in [0.15, 0.2) is 4.99 Å². The molecule has 2 fully saturated rings. The first kappa shape index (κ1) is 17.1. The molecule has 1 N–H and O–H groups in total. The fourth-order valence-corrected chi connectivity index (χ4v) is 2.96. The molecule has 0 amide bonds. The summed E-state index contributed by atoms with van der Waals surface area (Å²) in [5.41, 5.74) is 0.447. The summed E-state index contributed by atoms with van der Waals surface area (Å²) in [6, 6.07) is 0.693. The first-order valence-electron chi connectivity index (χ1n) is 7.61. The highest BCUT2D eigenvalue weighted by atomic mass is 127. The highest BCUT2D eigenvalue weighted by Gasteiger charge is 2.39. The Kier molecular flexibility index (Phi) is 6.40. The maximum Gasteiger partial charge on any atom is 0.194 e. The minimum absolute atomic E-state index is 0. The van der Waals surface area contributed by atoms with Crippen LogP contribution in [0.4, 0.5) is 0 Å². The van der Waals surface area contributed by atoms with E-state index in [0.29, 0.717) is 11.5 Å². The third kappa shape index (κ3) is 4.80. The smallest absolute Gasteiger partial charge is 0.194 e. The number of rotatable bonds is 4. The Labute approximate surface area is 135 Å². The van der Waals surface area contributed by atoms with E-state index >= 15 is 0 Å². The van der Waals surface area contributed by atoms with E-state index in [-0.39, 0.29) is 24.0 Å². The van der Waals surface area contributed by atoms with Crippen LogP contribution in [0.5, 0.6) is 0 Å². The fraction of sp³-hybridized carbons (Fsp3) is 0.933. The van der Waals surface area contributed by atoms with E-state index < -0.39 is 0 Å². The quantitative estimate of drug-likeness (QED) is 0.460. The molecule has 0 bridgehead atoms. The molecule has 2 rings (SSSR count). The predicted octanol–water partition coefficient (Wildman–Crippen LogP) is 3.49. The van der Waals surface area contributed by atoms with Crippen molar-refractivity contribution < 1.29 is 0 Å². The molecule has 1 aliphatic heterocycles. The summed E-state index contributed by atoms with van der Waals surface area (Å²) in [6.07, 6.45) is 5.29. The van der Waals surface area contributed by atoms with E-state index in [0.717, 1.165) is 31.5 Å².